The molecule has 0 saturated heterocycles. The van der Waals surface area contributed by atoms with Crippen molar-refractivity contribution in [3.05, 3.63) is 34.1 Å². The summed E-state index contributed by atoms with van der Waals surface area (Å²) in [7, 11) is 0. The number of halogens is 2. The zero-order chi connectivity index (χ0) is 11.6. The molecule has 1 unspecified atom stereocenters. The summed E-state index contributed by atoms with van der Waals surface area (Å²) in [4.78, 5) is 11.9. The monoisotopic (exact) mass is 273 g/mol. The van der Waals surface area contributed by atoms with Gasteiger partial charge in [-0.25, -0.2) is 4.39 Å². The summed E-state index contributed by atoms with van der Waals surface area (Å²) in [6, 6.07) is 4.61. The minimum atomic E-state index is -1.01. The Hall–Kier alpha value is -0.740. The van der Waals surface area contributed by atoms with E-state index in [-0.39, 0.29) is 15.8 Å². The Bertz CT molecular complexity index is 390. The van der Waals surface area contributed by atoms with Crippen LogP contribution >= 0.6 is 15.9 Å². The number of hydrogen-bond donors (Lipinski definition) is 1. The van der Waals surface area contributed by atoms with Gasteiger partial charge in [-0.15, -0.1) is 0 Å². The van der Waals surface area contributed by atoms with E-state index in [0.29, 0.717) is 6.42 Å². The van der Waals surface area contributed by atoms with Crippen LogP contribution in [-0.2, 0) is 0 Å². The number of rotatable bonds is 3. The highest BCUT2D eigenvalue weighted by Gasteiger charge is 2.29. The Morgan fingerprint density at radius 2 is 2.20 bits per heavy atom. The van der Waals surface area contributed by atoms with E-state index in [1.807, 2.05) is 0 Å². The summed E-state index contributed by atoms with van der Waals surface area (Å²) < 4.78 is 13.9. The van der Waals surface area contributed by atoms with Crippen molar-refractivity contribution in [3.63, 3.8) is 0 Å². The predicted octanol–water partition coefficient (Wildman–Crippen LogP) is 2.90. The first-order chi connectivity index (χ1) is 6.90. The van der Waals surface area contributed by atoms with Crippen molar-refractivity contribution in [3.8, 4) is 0 Å². The largest absolute Gasteiger partial charge is 0.319 e. The number of benzene rings is 1. The van der Waals surface area contributed by atoms with Crippen LogP contribution in [-0.4, -0.2) is 11.3 Å². The lowest BCUT2D eigenvalue weighted by Crippen LogP contribution is -2.44. The molecular formula is C11H13BrFNO. The third-order valence-corrected chi connectivity index (χ3v) is 3.06. The van der Waals surface area contributed by atoms with Crippen LogP contribution in [0.25, 0.3) is 0 Å². The Labute approximate surface area is 96.8 Å². The zero-order valence-corrected chi connectivity index (χ0v) is 10.3. The fourth-order valence-electron chi connectivity index (χ4n) is 1.15. The molecule has 1 rings (SSSR count). The molecule has 0 aliphatic carbocycles. The Morgan fingerprint density at radius 1 is 1.60 bits per heavy atom. The number of Topliss-reactive ketones (excluding diaryl/α,β-unsaturated/α-hetero) is 1. The topological polar surface area (TPSA) is 43.1 Å². The molecule has 1 aromatic rings. The standard InChI is InChI=1S/C11H13BrFNO/c1-3-11(2,14)10(15)7-5-4-6-8(12)9(7)13/h4-6H,3,14H2,1-2H3. The van der Waals surface area contributed by atoms with Gasteiger partial charge in [0.1, 0.15) is 5.82 Å². The van der Waals surface area contributed by atoms with Crippen LogP contribution < -0.4 is 5.73 Å². The average molecular weight is 274 g/mol. The summed E-state index contributed by atoms with van der Waals surface area (Å²) in [5, 5.41) is 0. The lowest BCUT2D eigenvalue weighted by Gasteiger charge is -2.21. The van der Waals surface area contributed by atoms with Crippen molar-refractivity contribution < 1.29 is 9.18 Å². The highest BCUT2D eigenvalue weighted by Crippen LogP contribution is 2.22. The maximum atomic E-state index is 13.6. The first-order valence-corrected chi connectivity index (χ1v) is 5.47. The smallest absolute Gasteiger partial charge is 0.185 e. The van der Waals surface area contributed by atoms with Crippen LogP contribution in [0.15, 0.2) is 22.7 Å². The molecule has 4 heteroatoms. The SMILES string of the molecule is CCC(C)(N)C(=O)c1cccc(Br)c1F. The van der Waals surface area contributed by atoms with E-state index < -0.39 is 11.4 Å². The number of carbonyl (C=O) groups excluding carboxylic acids is 1. The normalized spacial score (nSPS) is 14.7. The lowest BCUT2D eigenvalue weighted by molar-refractivity contribution is 0.0893. The van der Waals surface area contributed by atoms with Crippen molar-refractivity contribution in [1.29, 1.82) is 0 Å². The second-order valence-electron chi connectivity index (χ2n) is 3.70. The van der Waals surface area contributed by atoms with Crippen molar-refractivity contribution in [2.24, 2.45) is 5.73 Å². The minimum Gasteiger partial charge on any atom is -0.319 e. The predicted molar refractivity (Wildman–Crippen MR) is 61.3 cm³/mol. The summed E-state index contributed by atoms with van der Waals surface area (Å²) in [5.74, 6) is -0.920. The van der Waals surface area contributed by atoms with Crippen molar-refractivity contribution in [2.75, 3.05) is 0 Å². The van der Waals surface area contributed by atoms with E-state index in [2.05, 4.69) is 15.9 Å². The van der Waals surface area contributed by atoms with Gasteiger partial charge in [-0.3, -0.25) is 4.79 Å². The molecule has 0 aliphatic heterocycles. The van der Waals surface area contributed by atoms with Crippen molar-refractivity contribution in [2.45, 2.75) is 25.8 Å². The second-order valence-corrected chi connectivity index (χ2v) is 4.56. The van der Waals surface area contributed by atoms with Crippen LogP contribution in [0.3, 0.4) is 0 Å². The van der Waals surface area contributed by atoms with Gasteiger partial charge in [0, 0.05) is 0 Å². The highest BCUT2D eigenvalue weighted by molar-refractivity contribution is 9.10. The van der Waals surface area contributed by atoms with Crippen molar-refractivity contribution in [1.82, 2.24) is 0 Å². The van der Waals surface area contributed by atoms with Gasteiger partial charge in [-0.05, 0) is 41.4 Å². The first kappa shape index (κ1) is 12.3. The number of nitrogens with two attached hydrogens (primary N) is 1. The fraction of sp³-hybridized carbons (Fsp3) is 0.364. The highest BCUT2D eigenvalue weighted by atomic mass is 79.9. The third-order valence-electron chi connectivity index (χ3n) is 2.45. The summed E-state index contributed by atoms with van der Waals surface area (Å²) in [5.41, 5.74) is 4.80. The van der Waals surface area contributed by atoms with Gasteiger partial charge >= 0.3 is 0 Å². The molecule has 1 atom stereocenters. The molecular weight excluding hydrogens is 261 g/mol. The molecule has 0 aliphatic rings. The van der Waals surface area contributed by atoms with Crippen molar-refractivity contribution >= 4 is 21.7 Å². The third kappa shape index (κ3) is 2.44. The van der Waals surface area contributed by atoms with Gasteiger partial charge in [-0.1, -0.05) is 13.0 Å². The van der Waals surface area contributed by atoms with E-state index in [0.717, 1.165) is 0 Å². The molecule has 82 valence electrons. The van der Waals surface area contributed by atoms with Gasteiger partial charge in [-0.2, -0.15) is 0 Å². The second kappa shape index (κ2) is 4.41. The molecule has 1 aromatic carbocycles. The van der Waals surface area contributed by atoms with Gasteiger partial charge in [0.05, 0.1) is 15.6 Å². The summed E-state index contributed by atoms with van der Waals surface area (Å²) in [6.45, 7) is 3.41. The molecule has 0 saturated carbocycles. The summed E-state index contributed by atoms with van der Waals surface area (Å²) in [6.07, 6.45) is 0.470. The van der Waals surface area contributed by atoms with E-state index in [4.69, 9.17) is 5.73 Å². The Kier molecular flexibility index (Phi) is 3.62. The molecule has 15 heavy (non-hydrogen) atoms. The Balaban J connectivity index is 3.18. The fourth-order valence-corrected chi connectivity index (χ4v) is 1.51. The molecule has 0 radical (unpaired) electrons. The minimum absolute atomic E-state index is 0.0382. The van der Waals surface area contributed by atoms with Crippen LogP contribution in [0.5, 0.6) is 0 Å². The van der Waals surface area contributed by atoms with Crippen LogP contribution in [0.2, 0.25) is 0 Å². The van der Waals surface area contributed by atoms with E-state index in [9.17, 15) is 9.18 Å². The molecule has 0 aromatic heterocycles. The van der Waals surface area contributed by atoms with Gasteiger partial charge in [0.15, 0.2) is 5.78 Å². The Morgan fingerprint density at radius 3 is 2.73 bits per heavy atom. The van der Waals surface area contributed by atoms with Gasteiger partial charge in [0.2, 0.25) is 0 Å². The lowest BCUT2D eigenvalue weighted by atomic mass is 9.90. The molecule has 2 N–H and O–H groups in total. The first-order valence-electron chi connectivity index (χ1n) is 4.68. The molecule has 2 nitrogen and oxygen atoms in total. The van der Waals surface area contributed by atoms with Gasteiger partial charge < -0.3 is 5.73 Å². The molecule has 0 fully saturated rings. The quantitative estimate of drug-likeness (QED) is 0.861. The maximum absolute atomic E-state index is 13.6. The van der Waals surface area contributed by atoms with E-state index in [1.165, 1.54) is 6.07 Å². The van der Waals surface area contributed by atoms with Crippen LogP contribution in [0, 0.1) is 5.82 Å². The van der Waals surface area contributed by atoms with Crippen LogP contribution in [0.4, 0.5) is 4.39 Å². The molecule has 0 spiro atoms. The van der Waals surface area contributed by atoms with E-state index >= 15 is 0 Å². The molecule has 0 heterocycles. The summed E-state index contributed by atoms with van der Waals surface area (Å²) >= 11 is 3.03. The van der Waals surface area contributed by atoms with E-state index in [1.54, 1.807) is 26.0 Å². The molecule has 0 amide bonds. The number of ketones is 1. The average Bonchev–Trinajstić information content (AvgIpc) is 2.21. The maximum Gasteiger partial charge on any atom is 0.185 e. The van der Waals surface area contributed by atoms with Crippen LogP contribution in [0.1, 0.15) is 30.6 Å². The van der Waals surface area contributed by atoms with Gasteiger partial charge in [0.25, 0.3) is 0 Å². The zero-order valence-electron chi connectivity index (χ0n) is 8.68. The number of hydrogen-bond acceptors (Lipinski definition) is 2. The number of carbonyl (C=O) groups is 1. The molecule has 0 bridgehead atoms.